The number of nitrogens with zero attached hydrogens (tertiary/aromatic N) is 2. The van der Waals surface area contributed by atoms with Crippen molar-refractivity contribution in [1.82, 2.24) is 5.32 Å². The first kappa shape index (κ1) is 19.2. The van der Waals surface area contributed by atoms with Crippen molar-refractivity contribution in [3.8, 4) is 11.8 Å². The standard InChI is InChI=1S/C16H21N3O5/c1-16(2,3)18-15(20)24-9-5-4-8-23-14-7-6-13(19(21)22)10-12(14)11-17/h6-7,10H,4-5,8-9H2,1-3H3,(H,18,20). The normalized spacial score (nSPS) is 10.6. The summed E-state index contributed by atoms with van der Waals surface area (Å²) in [7, 11) is 0. The highest BCUT2D eigenvalue weighted by molar-refractivity contribution is 5.67. The fourth-order valence-corrected chi connectivity index (χ4v) is 1.74. The molecule has 8 heteroatoms. The summed E-state index contributed by atoms with van der Waals surface area (Å²) in [5.41, 5.74) is -0.383. The SMILES string of the molecule is CC(C)(C)NC(=O)OCCCCOc1ccc([N+](=O)[O-])cc1C#N. The van der Waals surface area contributed by atoms with Crippen molar-refractivity contribution in [1.29, 1.82) is 5.26 Å². The minimum absolute atomic E-state index is 0.116. The third-order valence-electron chi connectivity index (χ3n) is 2.80. The second-order valence-electron chi connectivity index (χ2n) is 6.12. The zero-order chi connectivity index (χ0) is 18.2. The van der Waals surface area contributed by atoms with Crippen LogP contribution in [0.5, 0.6) is 5.75 Å². The second kappa shape index (κ2) is 8.72. The van der Waals surface area contributed by atoms with Crippen molar-refractivity contribution in [2.24, 2.45) is 0 Å². The fraction of sp³-hybridized carbons (Fsp3) is 0.500. The van der Waals surface area contributed by atoms with Crippen molar-refractivity contribution in [3.63, 3.8) is 0 Å². The summed E-state index contributed by atoms with van der Waals surface area (Å²) in [6.45, 7) is 6.16. The number of alkyl carbamates (subject to hydrolysis) is 1. The molecule has 130 valence electrons. The molecule has 0 fully saturated rings. The van der Waals surface area contributed by atoms with Gasteiger partial charge in [-0.3, -0.25) is 10.1 Å². The zero-order valence-corrected chi connectivity index (χ0v) is 14.0. The lowest BCUT2D eigenvalue weighted by Crippen LogP contribution is -2.41. The lowest BCUT2D eigenvalue weighted by atomic mass is 10.1. The second-order valence-corrected chi connectivity index (χ2v) is 6.12. The van der Waals surface area contributed by atoms with E-state index in [-0.39, 0.29) is 23.4 Å². The molecule has 8 nitrogen and oxygen atoms in total. The number of hydrogen-bond acceptors (Lipinski definition) is 6. The molecule has 0 radical (unpaired) electrons. The Morgan fingerprint density at radius 3 is 2.58 bits per heavy atom. The van der Waals surface area contributed by atoms with Gasteiger partial charge in [0.15, 0.2) is 0 Å². The van der Waals surface area contributed by atoms with Crippen LogP contribution in [0.2, 0.25) is 0 Å². The van der Waals surface area contributed by atoms with E-state index in [2.05, 4.69) is 5.32 Å². The van der Waals surface area contributed by atoms with Crippen molar-refractivity contribution in [3.05, 3.63) is 33.9 Å². The predicted octanol–water partition coefficient (Wildman–Crippen LogP) is 3.15. The number of nitro groups is 1. The highest BCUT2D eigenvalue weighted by Crippen LogP contribution is 2.23. The third-order valence-corrected chi connectivity index (χ3v) is 2.80. The smallest absolute Gasteiger partial charge is 0.407 e. The topological polar surface area (TPSA) is 114 Å². The number of benzene rings is 1. The Morgan fingerprint density at radius 1 is 1.33 bits per heavy atom. The number of hydrogen-bond donors (Lipinski definition) is 1. The van der Waals surface area contributed by atoms with Gasteiger partial charge in [0.25, 0.3) is 5.69 Å². The molecule has 1 rings (SSSR count). The van der Waals surface area contributed by atoms with Crippen LogP contribution in [0.1, 0.15) is 39.2 Å². The van der Waals surface area contributed by atoms with E-state index in [4.69, 9.17) is 14.7 Å². The van der Waals surface area contributed by atoms with Crippen LogP contribution in [0.15, 0.2) is 18.2 Å². The number of nitrogens with one attached hydrogen (secondary N) is 1. The number of non-ortho nitro benzene ring substituents is 1. The number of unbranched alkanes of at least 4 members (excludes halogenated alkanes) is 1. The van der Waals surface area contributed by atoms with Gasteiger partial charge in [-0.15, -0.1) is 0 Å². The molecular weight excluding hydrogens is 314 g/mol. The predicted molar refractivity (Wildman–Crippen MR) is 86.8 cm³/mol. The van der Waals surface area contributed by atoms with Crippen LogP contribution in [-0.2, 0) is 4.74 Å². The molecule has 0 atom stereocenters. The Hall–Kier alpha value is -2.82. The molecule has 0 unspecified atom stereocenters. The minimum Gasteiger partial charge on any atom is -0.492 e. The van der Waals surface area contributed by atoms with Crippen molar-refractivity contribution in [2.75, 3.05) is 13.2 Å². The molecule has 0 aliphatic rings. The summed E-state index contributed by atoms with van der Waals surface area (Å²) >= 11 is 0. The van der Waals surface area contributed by atoms with Crippen LogP contribution in [0.3, 0.4) is 0 Å². The third kappa shape index (κ3) is 6.96. The first-order valence-electron chi connectivity index (χ1n) is 7.49. The number of amides is 1. The summed E-state index contributed by atoms with van der Waals surface area (Å²) < 4.78 is 10.5. The van der Waals surface area contributed by atoms with Crippen molar-refractivity contribution in [2.45, 2.75) is 39.2 Å². The van der Waals surface area contributed by atoms with Gasteiger partial charge in [-0.05, 0) is 39.7 Å². The maximum atomic E-state index is 11.4. The van der Waals surface area contributed by atoms with Crippen LogP contribution in [0.4, 0.5) is 10.5 Å². The molecule has 0 saturated heterocycles. The molecule has 0 spiro atoms. The molecule has 0 saturated carbocycles. The summed E-state index contributed by atoms with van der Waals surface area (Å²) in [4.78, 5) is 21.5. The number of carbonyl (C=O) groups is 1. The van der Waals surface area contributed by atoms with Gasteiger partial charge in [0.2, 0.25) is 0 Å². The quantitative estimate of drug-likeness (QED) is 0.465. The van der Waals surface area contributed by atoms with E-state index in [1.165, 1.54) is 18.2 Å². The molecule has 0 aliphatic carbocycles. The van der Waals surface area contributed by atoms with Gasteiger partial charge in [0, 0.05) is 17.7 Å². The van der Waals surface area contributed by atoms with Crippen LogP contribution in [0, 0.1) is 21.4 Å². The molecule has 0 bridgehead atoms. The summed E-state index contributed by atoms with van der Waals surface area (Å²) in [5, 5.41) is 22.3. The van der Waals surface area contributed by atoms with Crippen LogP contribution in [-0.4, -0.2) is 29.8 Å². The van der Waals surface area contributed by atoms with Crippen LogP contribution < -0.4 is 10.1 Å². The van der Waals surface area contributed by atoms with E-state index in [0.717, 1.165) is 0 Å². The highest BCUT2D eigenvalue weighted by Gasteiger charge is 2.14. The van der Waals surface area contributed by atoms with Gasteiger partial charge in [0.05, 0.1) is 18.1 Å². The van der Waals surface area contributed by atoms with E-state index in [1.54, 1.807) is 0 Å². The first-order chi connectivity index (χ1) is 11.2. The number of rotatable bonds is 7. The van der Waals surface area contributed by atoms with E-state index in [0.29, 0.717) is 25.2 Å². The number of carbonyl (C=O) groups excluding carboxylic acids is 1. The average Bonchev–Trinajstić information content (AvgIpc) is 2.48. The van der Waals surface area contributed by atoms with Crippen LogP contribution in [0.25, 0.3) is 0 Å². The number of nitriles is 1. The molecule has 1 amide bonds. The van der Waals surface area contributed by atoms with E-state index >= 15 is 0 Å². The Kier molecular flexibility index (Phi) is 6.98. The fourth-order valence-electron chi connectivity index (χ4n) is 1.74. The van der Waals surface area contributed by atoms with E-state index in [9.17, 15) is 14.9 Å². The van der Waals surface area contributed by atoms with Gasteiger partial charge >= 0.3 is 6.09 Å². The van der Waals surface area contributed by atoms with Gasteiger partial charge in [-0.2, -0.15) is 5.26 Å². The molecule has 0 aliphatic heterocycles. The molecule has 1 N–H and O–H groups in total. The van der Waals surface area contributed by atoms with Gasteiger partial charge < -0.3 is 14.8 Å². The lowest BCUT2D eigenvalue weighted by Gasteiger charge is -2.19. The highest BCUT2D eigenvalue weighted by atomic mass is 16.6. The minimum atomic E-state index is -0.565. The number of nitro benzene ring substituents is 1. The maximum Gasteiger partial charge on any atom is 0.407 e. The van der Waals surface area contributed by atoms with Crippen molar-refractivity contribution >= 4 is 11.8 Å². The monoisotopic (exact) mass is 335 g/mol. The summed E-state index contributed by atoms with van der Waals surface area (Å²) in [6, 6.07) is 5.74. The number of ether oxygens (including phenoxy) is 2. The summed E-state index contributed by atoms with van der Waals surface area (Å²) in [5.74, 6) is 0.300. The van der Waals surface area contributed by atoms with Crippen molar-refractivity contribution < 1.29 is 19.2 Å². The molecule has 0 aromatic heterocycles. The molecule has 1 aromatic carbocycles. The molecular formula is C16H21N3O5. The van der Waals surface area contributed by atoms with Gasteiger partial charge in [-0.25, -0.2) is 4.79 Å². The maximum absolute atomic E-state index is 11.4. The Balaban J connectivity index is 2.32. The lowest BCUT2D eigenvalue weighted by molar-refractivity contribution is -0.384. The molecule has 1 aromatic rings. The van der Waals surface area contributed by atoms with Crippen LogP contribution >= 0.6 is 0 Å². The van der Waals surface area contributed by atoms with E-state index < -0.39 is 11.0 Å². The molecule has 0 heterocycles. The average molecular weight is 335 g/mol. The Morgan fingerprint density at radius 2 is 2.00 bits per heavy atom. The van der Waals surface area contributed by atoms with Gasteiger partial charge in [0.1, 0.15) is 17.4 Å². The summed E-state index contributed by atoms with van der Waals surface area (Å²) in [6.07, 6.45) is 0.752. The molecule has 24 heavy (non-hydrogen) atoms. The largest absolute Gasteiger partial charge is 0.492 e. The van der Waals surface area contributed by atoms with E-state index in [1.807, 2.05) is 26.8 Å². The Labute approximate surface area is 140 Å². The Bertz CT molecular complexity index is 632. The van der Waals surface area contributed by atoms with Gasteiger partial charge in [-0.1, -0.05) is 0 Å². The zero-order valence-electron chi connectivity index (χ0n) is 14.0. The first-order valence-corrected chi connectivity index (χ1v) is 7.49.